The Hall–Kier alpha value is -2.11. The first-order valence-electron chi connectivity index (χ1n) is 9.04. The van der Waals surface area contributed by atoms with E-state index in [1.807, 2.05) is 27.0 Å². The lowest BCUT2D eigenvalue weighted by molar-refractivity contribution is 0.0929. The summed E-state index contributed by atoms with van der Waals surface area (Å²) in [5, 5.41) is 11.8. The van der Waals surface area contributed by atoms with E-state index < -0.39 is 0 Å². The van der Waals surface area contributed by atoms with Gasteiger partial charge in [-0.1, -0.05) is 19.0 Å². The highest BCUT2D eigenvalue weighted by Crippen LogP contribution is 2.33. The van der Waals surface area contributed by atoms with Crippen molar-refractivity contribution in [2.24, 2.45) is 0 Å². The Morgan fingerprint density at radius 2 is 2.12 bits per heavy atom. The predicted molar refractivity (Wildman–Crippen MR) is 95.7 cm³/mol. The van der Waals surface area contributed by atoms with Gasteiger partial charge in [-0.05, 0) is 47.0 Å². The van der Waals surface area contributed by atoms with Crippen molar-refractivity contribution in [3.63, 3.8) is 0 Å². The molecule has 1 amide bonds. The molecule has 6 heteroatoms. The molecule has 0 bridgehead atoms. The Balaban J connectivity index is 1.88. The highest BCUT2D eigenvalue weighted by atomic mass is 16.5. The van der Waals surface area contributed by atoms with Crippen LogP contribution in [0.3, 0.4) is 0 Å². The van der Waals surface area contributed by atoms with Gasteiger partial charge in [-0.2, -0.15) is 5.10 Å². The lowest BCUT2D eigenvalue weighted by Crippen LogP contribution is -2.33. The largest absolute Gasteiger partial charge is 0.360 e. The van der Waals surface area contributed by atoms with E-state index >= 15 is 0 Å². The van der Waals surface area contributed by atoms with Crippen LogP contribution in [0.5, 0.6) is 0 Å². The highest BCUT2D eigenvalue weighted by Gasteiger charge is 2.31. The Morgan fingerprint density at radius 3 is 2.76 bits per heavy atom. The molecule has 136 valence electrons. The summed E-state index contributed by atoms with van der Waals surface area (Å²) in [4.78, 5) is 12.9. The smallest absolute Gasteiger partial charge is 0.257 e. The van der Waals surface area contributed by atoms with Crippen molar-refractivity contribution >= 4 is 5.91 Å². The second-order valence-corrected chi connectivity index (χ2v) is 8.21. The van der Waals surface area contributed by atoms with Gasteiger partial charge in [-0.3, -0.25) is 9.48 Å². The molecular weight excluding hydrogens is 316 g/mol. The summed E-state index contributed by atoms with van der Waals surface area (Å²) in [6.45, 7) is 12.3. The number of carbonyl (C=O) groups is 1. The molecule has 0 saturated heterocycles. The lowest BCUT2D eigenvalue weighted by Gasteiger charge is -2.28. The van der Waals surface area contributed by atoms with Crippen molar-refractivity contribution in [1.29, 1.82) is 0 Å². The fourth-order valence-electron chi connectivity index (χ4n) is 3.57. The third kappa shape index (κ3) is 3.22. The number of hydrogen-bond acceptors (Lipinski definition) is 4. The normalized spacial score (nSPS) is 17.6. The molecule has 1 atom stereocenters. The zero-order valence-electron chi connectivity index (χ0n) is 16.0. The molecule has 0 unspecified atom stereocenters. The van der Waals surface area contributed by atoms with Crippen LogP contribution in [0, 0.1) is 6.92 Å². The van der Waals surface area contributed by atoms with E-state index in [-0.39, 0.29) is 23.4 Å². The summed E-state index contributed by atoms with van der Waals surface area (Å²) < 4.78 is 7.45. The predicted octanol–water partition coefficient (Wildman–Crippen LogP) is 3.87. The summed E-state index contributed by atoms with van der Waals surface area (Å²) in [5.41, 5.74) is 3.52. The fraction of sp³-hybridized carbons (Fsp3) is 0.632. The van der Waals surface area contributed by atoms with Crippen LogP contribution in [0.15, 0.2) is 10.7 Å². The Bertz CT molecular complexity index is 780. The van der Waals surface area contributed by atoms with E-state index in [1.165, 1.54) is 5.69 Å². The van der Waals surface area contributed by atoms with Gasteiger partial charge in [-0.15, -0.1) is 0 Å². The van der Waals surface area contributed by atoms with Crippen LogP contribution in [0.25, 0.3) is 0 Å². The molecule has 0 aliphatic heterocycles. The molecule has 2 aromatic heterocycles. The SMILES string of the molecule is Cc1noc(C(C)C)c1C(=O)N[C@H]1CCCc2c1cnn2C(C)(C)C. The summed E-state index contributed by atoms with van der Waals surface area (Å²) in [5.74, 6) is 0.660. The number of rotatable bonds is 3. The minimum absolute atomic E-state index is 0.0123. The highest BCUT2D eigenvalue weighted by molar-refractivity contribution is 5.96. The maximum absolute atomic E-state index is 12.9. The van der Waals surface area contributed by atoms with E-state index in [4.69, 9.17) is 4.52 Å². The Kier molecular flexibility index (Phi) is 4.47. The summed E-state index contributed by atoms with van der Waals surface area (Å²) in [6.07, 6.45) is 4.88. The quantitative estimate of drug-likeness (QED) is 0.917. The number of nitrogens with one attached hydrogen (secondary N) is 1. The molecule has 1 aliphatic rings. The number of aryl methyl sites for hydroxylation is 1. The number of carbonyl (C=O) groups excluding carboxylic acids is 1. The second kappa shape index (κ2) is 6.32. The van der Waals surface area contributed by atoms with Crippen LogP contribution in [-0.2, 0) is 12.0 Å². The Morgan fingerprint density at radius 1 is 1.40 bits per heavy atom. The maximum atomic E-state index is 12.9. The monoisotopic (exact) mass is 344 g/mol. The van der Waals surface area contributed by atoms with Crippen molar-refractivity contribution in [2.75, 3.05) is 0 Å². The van der Waals surface area contributed by atoms with Crippen molar-refractivity contribution in [3.05, 3.63) is 34.5 Å². The number of nitrogens with zero attached hydrogens (tertiary/aromatic N) is 3. The fourth-order valence-corrected chi connectivity index (χ4v) is 3.57. The second-order valence-electron chi connectivity index (χ2n) is 8.21. The van der Waals surface area contributed by atoms with Crippen molar-refractivity contribution in [1.82, 2.24) is 20.3 Å². The molecule has 2 aromatic rings. The van der Waals surface area contributed by atoms with Gasteiger partial charge in [0.25, 0.3) is 5.91 Å². The van der Waals surface area contributed by atoms with Gasteiger partial charge in [0, 0.05) is 17.2 Å². The molecular formula is C19H28N4O2. The topological polar surface area (TPSA) is 73.0 Å². The van der Waals surface area contributed by atoms with Crippen molar-refractivity contribution in [3.8, 4) is 0 Å². The molecule has 0 fully saturated rings. The molecule has 2 heterocycles. The van der Waals surface area contributed by atoms with Gasteiger partial charge in [0.05, 0.1) is 23.5 Å². The van der Waals surface area contributed by atoms with Crippen LogP contribution in [-0.4, -0.2) is 20.8 Å². The molecule has 25 heavy (non-hydrogen) atoms. The molecule has 0 aromatic carbocycles. The number of fused-ring (bicyclic) bond motifs is 1. The third-order valence-corrected chi connectivity index (χ3v) is 4.76. The first kappa shape index (κ1) is 17.7. The summed E-state index contributed by atoms with van der Waals surface area (Å²) in [6, 6.07) is -0.0123. The number of aromatic nitrogens is 3. The van der Waals surface area contributed by atoms with Crippen LogP contribution in [0.2, 0.25) is 0 Å². The van der Waals surface area contributed by atoms with E-state index in [0.29, 0.717) is 17.0 Å². The molecule has 1 aliphatic carbocycles. The van der Waals surface area contributed by atoms with Gasteiger partial charge in [0.1, 0.15) is 5.56 Å². The van der Waals surface area contributed by atoms with Gasteiger partial charge >= 0.3 is 0 Å². The average Bonchev–Trinajstić information content (AvgIpc) is 3.10. The zero-order valence-corrected chi connectivity index (χ0v) is 16.0. The van der Waals surface area contributed by atoms with E-state index in [9.17, 15) is 4.79 Å². The molecule has 3 rings (SSSR count). The first-order valence-corrected chi connectivity index (χ1v) is 9.04. The molecule has 1 N–H and O–H groups in total. The average molecular weight is 344 g/mol. The minimum Gasteiger partial charge on any atom is -0.360 e. The van der Waals surface area contributed by atoms with E-state index in [1.54, 1.807) is 0 Å². The van der Waals surface area contributed by atoms with Crippen LogP contribution in [0.4, 0.5) is 0 Å². The molecule has 0 saturated carbocycles. The summed E-state index contributed by atoms with van der Waals surface area (Å²) in [7, 11) is 0. The molecule has 0 spiro atoms. The third-order valence-electron chi connectivity index (χ3n) is 4.76. The number of amides is 1. The van der Waals surface area contributed by atoms with Gasteiger partial charge in [0.2, 0.25) is 0 Å². The van der Waals surface area contributed by atoms with Crippen molar-refractivity contribution in [2.45, 2.75) is 78.3 Å². The van der Waals surface area contributed by atoms with E-state index in [2.05, 4.69) is 41.0 Å². The van der Waals surface area contributed by atoms with Crippen LogP contribution in [0.1, 0.15) is 92.5 Å². The zero-order chi connectivity index (χ0) is 18.4. The Labute approximate surface area is 149 Å². The number of hydrogen-bond donors (Lipinski definition) is 1. The minimum atomic E-state index is -0.108. The lowest BCUT2D eigenvalue weighted by atomic mass is 9.91. The standard InChI is InChI=1S/C19H28N4O2/c1-11(2)17-16(12(3)22-25-17)18(24)21-14-8-7-9-15-13(14)10-20-23(15)19(4,5)6/h10-11,14H,7-9H2,1-6H3,(H,21,24)/t14-/m0/s1. The molecule has 6 nitrogen and oxygen atoms in total. The van der Waals surface area contributed by atoms with Crippen LogP contribution >= 0.6 is 0 Å². The van der Waals surface area contributed by atoms with Gasteiger partial charge < -0.3 is 9.84 Å². The first-order chi connectivity index (χ1) is 11.7. The summed E-state index contributed by atoms with van der Waals surface area (Å²) >= 11 is 0. The maximum Gasteiger partial charge on any atom is 0.257 e. The van der Waals surface area contributed by atoms with Gasteiger partial charge in [-0.25, -0.2) is 0 Å². The molecule has 0 radical (unpaired) electrons. The van der Waals surface area contributed by atoms with Crippen LogP contribution < -0.4 is 5.32 Å². The van der Waals surface area contributed by atoms with E-state index in [0.717, 1.165) is 24.8 Å². The van der Waals surface area contributed by atoms with Gasteiger partial charge in [0.15, 0.2) is 5.76 Å². The van der Waals surface area contributed by atoms with Crippen molar-refractivity contribution < 1.29 is 9.32 Å².